The van der Waals surface area contributed by atoms with Gasteiger partial charge in [-0.15, -0.1) is 0 Å². The molecule has 4 heteroatoms. The van der Waals surface area contributed by atoms with Crippen molar-refractivity contribution < 1.29 is 4.12 Å². The van der Waals surface area contributed by atoms with Crippen molar-refractivity contribution in [2.45, 2.75) is 26.1 Å². The van der Waals surface area contributed by atoms with Crippen molar-refractivity contribution in [3.8, 4) is 5.69 Å². The zero-order chi connectivity index (χ0) is 7.28. The topological polar surface area (TPSA) is 33.0 Å². The number of hydrogen-bond donors (Lipinski definition) is 0. The first-order valence-electron chi connectivity index (χ1n) is 3.25. The van der Waals surface area contributed by atoms with E-state index >= 15 is 0 Å². The zero-order valence-electron chi connectivity index (χ0n) is 6.22. The van der Waals surface area contributed by atoms with E-state index in [4.69, 9.17) is 9.38 Å². The van der Waals surface area contributed by atoms with Gasteiger partial charge in [0.2, 0.25) is 0 Å². The Morgan fingerprint density at radius 3 is 2.22 bits per heavy atom. The molecule has 0 heterocycles. The van der Waals surface area contributed by atoms with Crippen LogP contribution in [-0.2, 0) is 4.12 Å². The van der Waals surface area contributed by atoms with Gasteiger partial charge in [-0.05, 0) is 19.1 Å². The van der Waals surface area contributed by atoms with Gasteiger partial charge in [-0.1, -0.05) is 6.92 Å². The van der Waals surface area contributed by atoms with Crippen LogP contribution >= 0.6 is 0 Å². The van der Waals surface area contributed by atoms with Gasteiger partial charge in [0.1, 0.15) is 0 Å². The Balaban J connectivity index is 3.47. The highest BCUT2D eigenvalue weighted by Crippen LogP contribution is 1.94. The molecule has 0 saturated heterocycles. The summed E-state index contributed by atoms with van der Waals surface area (Å²) in [4.78, 5) is 0. The second-order valence-electron chi connectivity index (χ2n) is 2.21. The maximum atomic E-state index is 8.48. The summed E-state index contributed by atoms with van der Waals surface area (Å²) in [5, 5.41) is 8.48. The Morgan fingerprint density at radius 1 is 1.56 bits per heavy atom. The van der Waals surface area contributed by atoms with Crippen LogP contribution in [0.25, 0.3) is 0 Å². The van der Waals surface area contributed by atoms with Crippen molar-refractivity contribution in [2.24, 2.45) is 0 Å². The first-order chi connectivity index (χ1) is 4.20. The Labute approximate surface area is 59.9 Å². The predicted molar refractivity (Wildman–Crippen MR) is 43.2 cm³/mol. The van der Waals surface area contributed by atoms with Gasteiger partial charge in [0.15, 0.2) is 9.04 Å². The number of nitriles is 1. The second-order valence-corrected chi connectivity index (χ2v) is 7.45. The molecule has 0 N–H and O–H groups in total. The zero-order valence-corrected chi connectivity index (χ0v) is 8.53. The van der Waals surface area contributed by atoms with Gasteiger partial charge in [-0.25, -0.2) is 5.26 Å². The lowest BCUT2D eigenvalue weighted by molar-refractivity contribution is 0.607. The average molecular weight is 159 g/mol. The Bertz CT molecular complexity index is 110. The first-order valence-corrected chi connectivity index (χ1v) is 7.90. The largest absolute Gasteiger partial charge is 0.450 e. The predicted octanol–water partition coefficient (Wildman–Crippen LogP) is 0.793. The molecule has 0 spiro atoms. The lowest BCUT2D eigenvalue weighted by Crippen LogP contribution is -2.22. The summed E-state index contributed by atoms with van der Waals surface area (Å²) >= 11 is 0. The van der Waals surface area contributed by atoms with Gasteiger partial charge in [-0.2, -0.15) is 0 Å². The third-order valence-electron chi connectivity index (χ3n) is 0.951. The van der Waals surface area contributed by atoms with Crippen molar-refractivity contribution in [3.63, 3.8) is 0 Å². The molecule has 0 aliphatic carbocycles. The van der Waals surface area contributed by atoms with E-state index < -0.39 is 18.1 Å². The molecule has 0 aromatic carbocycles. The molecule has 0 rings (SSSR count). The first kappa shape index (κ1) is 8.88. The molecule has 52 valence electrons. The Kier molecular flexibility index (Phi) is 4.67. The standard InChI is InChI=1S/C5H13NOSi2/c1-4-9(5-6)7-8(2)3/h8-9H,4H2,1-3H3. The van der Waals surface area contributed by atoms with Crippen LogP contribution in [0.3, 0.4) is 0 Å². The lowest BCUT2D eigenvalue weighted by atomic mass is 11.0. The SMILES string of the molecule is CC[SiH](C#N)O[SiH](C)C. The molecule has 0 aromatic heterocycles. The van der Waals surface area contributed by atoms with E-state index in [1.807, 2.05) is 6.92 Å². The molecule has 0 aromatic rings. The van der Waals surface area contributed by atoms with Crippen LogP contribution in [-0.4, -0.2) is 18.1 Å². The molecule has 0 aliphatic heterocycles. The molecule has 0 bridgehead atoms. The molecular formula is C5H13NOSi2. The van der Waals surface area contributed by atoms with E-state index in [2.05, 4.69) is 18.8 Å². The molecule has 1 atom stereocenters. The van der Waals surface area contributed by atoms with E-state index in [0.29, 0.717) is 0 Å². The molecular weight excluding hydrogens is 146 g/mol. The maximum Gasteiger partial charge on any atom is 0.280 e. The molecule has 0 radical (unpaired) electrons. The smallest absolute Gasteiger partial charge is 0.280 e. The highest BCUT2D eigenvalue weighted by molar-refractivity contribution is 6.69. The minimum Gasteiger partial charge on any atom is -0.450 e. The molecule has 2 nitrogen and oxygen atoms in total. The second kappa shape index (κ2) is 4.73. The lowest BCUT2D eigenvalue weighted by Gasteiger charge is -2.08. The fraction of sp³-hybridized carbons (Fsp3) is 0.800. The third-order valence-corrected chi connectivity index (χ3v) is 5.47. The maximum absolute atomic E-state index is 8.48. The summed E-state index contributed by atoms with van der Waals surface area (Å²) in [6.07, 6.45) is 0. The van der Waals surface area contributed by atoms with Crippen LogP contribution in [0, 0.1) is 11.0 Å². The monoisotopic (exact) mass is 159 g/mol. The fourth-order valence-electron chi connectivity index (χ4n) is 0.546. The Morgan fingerprint density at radius 2 is 2.11 bits per heavy atom. The van der Waals surface area contributed by atoms with Gasteiger partial charge in [0, 0.05) is 0 Å². The highest BCUT2D eigenvalue weighted by Gasteiger charge is 2.08. The molecule has 1 unspecified atom stereocenters. The van der Waals surface area contributed by atoms with Crippen LogP contribution in [0.5, 0.6) is 0 Å². The van der Waals surface area contributed by atoms with Crippen LogP contribution < -0.4 is 0 Å². The van der Waals surface area contributed by atoms with Crippen molar-refractivity contribution in [1.82, 2.24) is 0 Å². The van der Waals surface area contributed by atoms with Gasteiger partial charge in [-0.3, -0.25) is 0 Å². The summed E-state index contributed by atoms with van der Waals surface area (Å²) in [7, 11) is -2.31. The molecule has 9 heavy (non-hydrogen) atoms. The third kappa shape index (κ3) is 4.39. The van der Waals surface area contributed by atoms with Crippen LogP contribution in [0.2, 0.25) is 19.1 Å². The van der Waals surface area contributed by atoms with Crippen molar-refractivity contribution in [1.29, 1.82) is 5.26 Å². The average Bonchev–Trinajstić information content (AvgIpc) is 1.82. The summed E-state index contributed by atoms with van der Waals surface area (Å²) in [5.41, 5.74) is 2.23. The van der Waals surface area contributed by atoms with E-state index in [1.54, 1.807) is 0 Å². The minimum absolute atomic E-state index is 0.924. The van der Waals surface area contributed by atoms with Gasteiger partial charge >= 0.3 is 0 Å². The van der Waals surface area contributed by atoms with Crippen molar-refractivity contribution >= 4 is 18.1 Å². The van der Waals surface area contributed by atoms with E-state index in [0.717, 1.165) is 6.04 Å². The number of nitrogens with zero attached hydrogens (tertiary/aromatic N) is 1. The van der Waals surface area contributed by atoms with Gasteiger partial charge < -0.3 is 4.12 Å². The summed E-state index contributed by atoms with van der Waals surface area (Å²) < 4.78 is 5.47. The molecule has 0 amide bonds. The van der Waals surface area contributed by atoms with E-state index in [9.17, 15) is 0 Å². The van der Waals surface area contributed by atoms with Crippen LogP contribution in [0.4, 0.5) is 0 Å². The minimum atomic E-state index is -1.38. The molecule has 0 fully saturated rings. The van der Waals surface area contributed by atoms with Crippen LogP contribution in [0.1, 0.15) is 6.92 Å². The molecule has 0 aliphatic rings. The summed E-state index contributed by atoms with van der Waals surface area (Å²) in [6.45, 7) is 6.23. The Hall–Kier alpha value is -0.116. The molecule has 0 saturated carbocycles. The fourth-order valence-corrected chi connectivity index (χ4v) is 4.37. The van der Waals surface area contributed by atoms with E-state index in [-0.39, 0.29) is 0 Å². The number of rotatable bonds is 3. The van der Waals surface area contributed by atoms with Crippen molar-refractivity contribution in [3.05, 3.63) is 0 Å². The normalized spacial score (nSPS) is 13.2. The summed E-state index contributed by atoms with van der Waals surface area (Å²) in [5.74, 6) is 0. The quantitative estimate of drug-likeness (QED) is 0.571. The summed E-state index contributed by atoms with van der Waals surface area (Å²) in [6, 6.07) is 0.946. The van der Waals surface area contributed by atoms with Crippen LogP contribution in [0.15, 0.2) is 0 Å². The highest BCUT2D eigenvalue weighted by atomic mass is 28.4. The number of hydrogen-bond acceptors (Lipinski definition) is 2. The van der Waals surface area contributed by atoms with Gasteiger partial charge in [0.05, 0.1) is 5.69 Å². The van der Waals surface area contributed by atoms with E-state index in [1.165, 1.54) is 0 Å². The van der Waals surface area contributed by atoms with Gasteiger partial charge in [0.25, 0.3) is 9.04 Å². The van der Waals surface area contributed by atoms with Crippen molar-refractivity contribution in [2.75, 3.05) is 0 Å².